The molecule has 12 nitrogen and oxygen atoms in total. The Morgan fingerprint density at radius 1 is 1.42 bits per heavy atom. The van der Waals surface area contributed by atoms with E-state index in [1.807, 2.05) is 0 Å². The van der Waals surface area contributed by atoms with Crippen LogP contribution in [-0.4, -0.2) is 62.6 Å². The Kier molecular flexibility index (Phi) is 8.36. The number of ether oxygens (including phenoxy) is 1. The van der Waals surface area contributed by atoms with Crippen LogP contribution in [0.5, 0.6) is 0 Å². The van der Waals surface area contributed by atoms with Gasteiger partial charge in [-0.1, -0.05) is 5.16 Å². The van der Waals surface area contributed by atoms with E-state index in [9.17, 15) is 19.5 Å². The van der Waals surface area contributed by atoms with Gasteiger partial charge in [0.2, 0.25) is 0 Å². The quantitative estimate of drug-likeness (QED) is 0.152. The van der Waals surface area contributed by atoms with Crippen molar-refractivity contribution >= 4 is 63.1 Å². The van der Waals surface area contributed by atoms with Gasteiger partial charge in [-0.05, 0) is 0 Å². The molecular weight excluding hydrogens is 503 g/mol. The van der Waals surface area contributed by atoms with Gasteiger partial charge in [-0.15, -0.1) is 34.4 Å². The number of hydrogen-bond acceptors (Lipinski definition) is 13. The Morgan fingerprint density at radius 3 is 2.82 bits per heavy atom. The topological polar surface area (TPSA) is 172 Å². The van der Waals surface area contributed by atoms with Crippen LogP contribution in [0.15, 0.2) is 32.9 Å². The number of oxime groups is 1. The molecule has 2 atom stereocenters. The number of nitrogen functional groups attached to an aromatic ring is 1. The van der Waals surface area contributed by atoms with Crippen molar-refractivity contribution in [2.75, 3.05) is 18.6 Å². The predicted octanol–water partition coefficient (Wildman–Crippen LogP) is -3.89. The van der Waals surface area contributed by atoms with E-state index in [0.717, 1.165) is 16.2 Å². The molecule has 0 aliphatic carbocycles. The van der Waals surface area contributed by atoms with Crippen LogP contribution in [0.1, 0.15) is 11.4 Å². The summed E-state index contributed by atoms with van der Waals surface area (Å²) in [6.07, 6.45) is 0. The standard InChI is InChI=1S/C17H16N6O6S3.Na/c1-28-22-10(8-4-32-17(18)20-8)13(24)21-11-14(25)23-12(16(26)27)9(5-31-15(11)23)29-2-7-3-30-6-19-7;/h3-4,6,11,15H,2,5H2,1H3,(H2,18,20)(H,21,24)(H,26,27);/q;+1/p-1/b22-10-;/t11-,15+;/m1./s1. The van der Waals surface area contributed by atoms with Crippen molar-refractivity contribution in [2.45, 2.75) is 18.0 Å². The number of anilines is 1. The number of hydrogen-bond donors (Lipinski definition) is 2. The number of thioether (sulfide) groups is 1. The second kappa shape index (κ2) is 10.8. The maximum absolute atomic E-state index is 12.7. The Labute approximate surface area is 221 Å². The zero-order chi connectivity index (χ0) is 22.8. The SMILES string of the molecule is CO/N=C(\C(=O)N[C@@H]1C(=O)N2C(C(=O)[O-])=C(OCc3cscn3)CS[C@@H]12)c1csc(N)n1.[Na+]. The van der Waals surface area contributed by atoms with Crippen LogP contribution in [0.4, 0.5) is 5.13 Å². The van der Waals surface area contributed by atoms with Gasteiger partial charge in [-0.25, -0.2) is 9.97 Å². The van der Waals surface area contributed by atoms with Crippen LogP contribution in [0.25, 0.3) is 0 Å². The molecule has 3 N–H and O–H groups in total. The van der Waals surface area contributed by atoms with E-state index >= 15 is 0 Å². The van der Waals surface area contributed by atoms with Crippen molar-refractivity contribution in [3.63, 3.8) is 0 Å². The molecule has 2 aromatic heterocycles. The number of rotatable bonds is 8. The maximum Gasteiger partial charge on any atom is 1.00 e. The van der Waals surface area contributed by atoms with Crippen LogP contribution in [0, 0.1) is 0 Å². The van der Waals surface area contributed by atoms with Gasteiger partial charge in [0.25, 0.3) is 11.8 Å². The number of nitrogens with one attached hydrogen (secondary N) is 1. The van der Waals surface area contributed by atoms with Gasteiger partial charge >= 0.3 is 29.6 Å². The third-order valence-corrected chi connectivity index (χ3v) is 7.02. The first kappa shape index (κ1) is 25.5. The molecule has 168 valence electrons. The minimum absolute atomic E-state index is 0. The van der Waals surface area contributed by atoms with Gasteiger partial charge < -0.3 is 30.5 Å². The first-order chi connectivity index (χ1) is 15.4. The summed E-state index contributed by atoms with van der Waals surface area (Å²) < 4.78 is 5.60. The van der Waals surface area contributed by atoms with Crippen molar-refractivity contribution in [3.05, 3.63) is 39.1 Å². The molecule has 0 bridgehead atoms. The van der Waals surface area contributed by atoms with Crippen LogP contribution in [0.3, 0.4) is 0 Å². The monoisotopic (exact) mass is 518 g/mol. The zero-order valence-electron chi connectivity index (χ0n) is 17.3. The third kappa shape index (κ3) is 5.17. The molecule has 1 saturated heterocycles. The fourth-order valence-electron chi connectivity index (χ4n) is 3.06. The molecule has 0 unspecified atom stereocenters. The number of aromatic nitrogens is 2. The summed E-state index contributed by atoms with van der Waals surface area (Å²) in [7, 11) is 1.26. The average molecular weight is 519 g/mol. The van der Waals surface area contributed by atoms with Gasteiger partial charge in [0.1, 0.15) is 42.3 Å². The summed E-state index contributed by atoms with van der Waals surface area (Å²) in [4.78, 5) is 51.1. The van der Waals surface area contributed by atoms with Crippen LogP contribution in [-0.2, 0) is 30.6 Å². The summed E-state index contributed by atoms with van der Waals surface area (Å²) >= 11 is 3.75. The van der Waals surface area contributed by atoms with Gasteiger partial charge in [0.15, 0.2) is 10.8 Å². The van der Waals surface area contributed by atoms with Gasteiger partial charge in [0.05, 0.1) is 22.9 Å². The number of carboxylic acids is 1. The van der Waals surface area contributed by atoms with Crippen LogP contribution < -0.4 is 45.7 Å². The van der Waals surface area contributed by atoms with Gasteiger partial charge in [-0.3, -0.25) is 14.5 Å². The molecule has 4 rings (SSSR count). The Balaban J connectivity index is 0.00000306. The summed E-state index contributed by atoms with van der Waals surface area (Å²) in [5, 5.41) is 20.9. The number of thiazole rings is 2. The maximum atomic E-state index is 12.7. The zero-order valence-corrected chi connectivity index (χ0v) is 21.8. The fourth-order valence-corrected chi connectivity index (χ4v) is 5.43. The van der Waals surface area contributed by atoms with Crippen molar-refractivity contribution in [1.82, 2.24) is 20.2 Å². The number of fused-ring (bicyclic) bond motifs is 1. The normalized spacial score (nSPS) is 19.8. The molecule has 2 aliphatic rings. The number of β-lactam (4-membered cyclic amide) rings is 1. The van der Waals surface area contributed by atoms with E-state index in [2.05, 4.69) is 20.4 Å². The van der Waals surface area contributed by atoms with Crippen molar-refractivity contribution < 1.29 is 58.6 Å². The number of carboxylic acid groups (broad SMARTS) is 1. The van der Waals surface area contributed by atoms with E-state index in [4.69, 9.17) is 15.3 Å². The number of nitrogens with two attached hydrogens (primary N) is 1. The number of nitrogens with zero attached hydrogens (tertiary/aromatic N) is 4. The number of carbonyl (C=O) groups excluding carboxylic acids is 3. The molecule has 4 heterocycles. The van der Waals surface area contributed by atoms with Gasteiger partial charge in [-0.2, -0.15) is 0 Å². The average Bonchev–Trinajstić information content (AvgIpc) is 3.45. The minimum Gasteiger partial charge on any atom is -0.543 e. The van der Waals surface area contributed by atoms with Crippen LogP contribution in [0.2, 0.25) is 0 Å². The van der Waals surface area contributed by atoms with E-state index in [0.29, 0.717) is 5.69 Å². The molecule has 0 saturated carbocycles. The third-order valence-electron chi connectivity index (χ3n) is 4.45. The molecule has 0 aromatic carbocycles. The molecule has 16 heteroatoms. The Hall–Kier alpha value is -2.17. The fraction of sp³-hybridized carbons (Fsp3) is 0.294. The summed E-state index contributed by atoms with van der Waals surface area (Å²) in [6.45, 7) is 0.0661. The molecular formula is C17H15N6NaO6S3. The molecule has 2 aromatic rings. The minimum atomic E-state index is -1.54. The molecule has 1 fully saturated rings. The molecule has 2 aliphatic heterocycles. The van der Waals surface area contributed by atoms with Crippen molar-refractivity contribution in [3.8, 4) is 0 Å². The number of aliphatic carboxylic acids is 1. The first-order valence-electron chi connectivity index (χ1n) is 8.93. The number of amides is 2. The first-order valence-corrected chi connectivity index (χ1v) is 11.8. The summed E-state index contributed by atoms with van der Waals surface area (Å²) in [5.74, 6) is -2.58. The second-order valence-corrected chi connectivity index (χ2v) is 9.10. The van der Waals surface area contributed by atoms with E-state index < -0.39 is 29.2 Å². The van der Waals surface area contributed by atoms with E-state index in [-0.39, 0.29) is 69.9 Å². The van der Waals surface area contributed by atoms with Crippen molar-refractivity contribution in [2.24, 2.45) is 5.16 Å². The molecule has 2 amide bonds. The van der Waals surface area contributed by atoms with Gasteiger partial charge in [0, 0.05) is 10.8 Å². The van der Waals surface area contributed by atoms with E-state index in [1.165, 1.54) is 35.6 Å². The molecule has 0 spiro atoms. The predicted molar refractivity (Wildman–Crippen MR) is 114 cm³/mol. The Morgan fingerprint density at radius 2 is 2.21 bits per heavy atom. The van der Waals surface area contributed by atoms with Crippen LogP contribution >= 0.6 is 34.4 Å². The Bertz CT molecular complexity index is 1120. The smallest absolute Gasteiger partial charge is 0.543 e. The molecule has 0 radical (unpaired) electrons. The second-order valence-electron chi connectivity index (χ2n) is 6.38. The largest absolute Gasteiger partial charge is 1.00 e. The summed E-state index contributed by atoms with van der Waals surface area (Å²) in [5.41, 5.74) is 7.56. The summed E-state index contributed by atoms with van der Waals surface area (Å²) in [6, 6.07) is -0.972. The number of carbonyl (C=O) groups is 3. The van der Waals surface area contributed by atoms with Crippen molar-refractivity contribution in [1.29, 1.82) is 0 Å². The van der Waals surface area contributed by atoms with E-state index in [1.54, 1.807) is 10.9 Å². The molecule has 33 heavy (non-hydrogen) atoms.